The Morgan fingerprint density at radius 1 is 1.47 bits per heavy atom. The molecule has 0 unspecified atom stereocenters. The van der Waals surface area contributed by atoms with E-state index < -0.39 is 0 Å². The van der Waals surface area contributed by atoms with Crippen LogP contribution in [-0.2, 0) is 4.74 Å². The van der Waals surface area contributed by atoms with Gasteiger partial charge in [0.15, 0.2) is 0 Å². The number of amides is 1. The molecule has 1 aliphatic heterocycles. The highest BCUT2D eigenvalue weighted by molar-refractivity contribution is 5.67. The molecule has 0 aromatic rings. The Morgan fingerprint density at radius 3 is 2.84 bits per heavy atom. The summed E-state index contributed by atoms with van der Waals surface area (Å²) in [7, 11) is 0. The Morgan fingerprint density at radius 2 is 2.21 bits per heavy atom. The van der Waals surface area contributed by atoms with Crippen LogP contribution < -0.4 is 10.6 Å². The minimum absolute atomic E-state index is 0.291. The molecule has 0 atom stereocenters. The fourth-order valence-corrected chi connectivity index (χ4v) is 1.93. The highest BCUT2D eigenvalue weighted by Gasteiger charge is 2.14. The molecule has 1 rings (SSSR count). The molecule has 4 heteroatoms. The first-order valence-corrected chi connectivity index (χ1v) is 6.82. The SMILES string of the molecule is C=C/C=C\C(=C/C)COC(=O)NCC1CCNCC1. The van der Waals surface area contributed by atoms with Gasteiger partial charge in [-0.05, 0) is 44.3 Å². The van der Waals surface area contributed by atoms with Crippen molar-refractivity contribution in [2.75, 3.05) is 26.2 Å². The lowest BCUT2D eigenvalue weighted by molar-refractivity contribution is 0.153. The van der Waals surface area contributed by atoms with Crippen molar-refractivity contribution in [3.63, 3.8) is 0 Å². The summed E-state index contributed by atoms with van der Waals surface area (Å²) in [5.74, 6) is 0.565. The lowest BCUT2D eigenvalue weighted by Crippen LogP contribution is -2.36. The van der Waals surface area contributed by atoms with Crippen molar-refractivity contribution in [1.29, 1.82) is 0 Å². The minimum atomic E-state index is -0.343. The van der Waals surface area contributed by atoms with Crippen molar-refractivity contribution < 1.29 is 9.53 Å². The number of hydrogen-bond acceptors (Lipinski definition) is 3. The second kappa shape index (κ2) is 9.39. The molecule has 106 valence electrons. The monoisotopic (exact) mass is 264 g/mol. The number of allylic oxidation sites excluding steroid dienone is 3. The van der Waals surface area contributed by atoms with Crippen molar-refractivity contribution in [3.05, 3.63) is 36.5 Å². The van der Waals surface area contributed by atoms with Crippen LogP contribution in [0.25, 0.3) is 0 Å². The van der Waals surface area contributed by atoms with Gasteiger partial charge in [-0.2, -0.15) is 0 Å². The summed E-state index contributed by atoms with van der Waals surface area (Å²) >= 11 is 0. The third-order valence-corrected chi connectivity index (χ3v) is 3.18. The van der Waals surface area contributed by atoms with E-state index in [2.05, 4.69) is 17.2 Å². The van der Waals surface area contributed by atoms with Crippen molar-refractivity contribution in [3.8, 4) is 0 Å². The van der Waals surface area contributed by atoms with E-state index >= 15 is 0 Å². The average Bonchev–Trinajstić information content (AvgIpc) is 2.46. The Labute approximate surface area is 115 Å². The third-order valence-electron chi connectivity index (χ3n) is 3.18. The van der Waals surface area contributed by atoms with E-state index in [1.807, 2.05) is 25.2 Å². The highest BCUT2D eigenvalue weighted by atomic mass is 16.5. The Bertz CT molecular complexity index is 342. The summed E-state index contributed by atoms with van der Waals surface area (Å²) in [6.07, 6.45) is 9.20. The van der Waals surface area contributed by atoms with E-state index in [9.17, 15) is 4.79 Å². The van der Waals surface area contributed by atoms with Crippen molar-refractivity contribution in [2.24, 2.45) is 5.92 Å². The highest BCUT2D eigenvalue weighted by Crippen LogP contribution is 2.09. The predicted molar refractivity (Wildman–Crippen MR) is 78.0 cm³/mol. The molecule has 1 amide bonds. The van der Waals surface area contributed by atoms with Gasteiger partial charge in [0.1, 0.15) is 6.61 Å². The fourth-order valence-electron chi connectivity index (χ4n) is 1.93. The van der Waals surface area contributed by atoms with E-state index in [4.69, 9.17) is 4.74 Å². The smallest absolute Gasteiger partial charge is 0.407 e. The van der Waals surface area contributed by atoms with E-state index in [1.54, 1.807) is 6.08 Å². The number of carbonyl (C=O) groups is 1. The summed E-state index contributed by atoms with van der Waals surface area (Å²) < 4.78 is 5.16. The van der Waals surface area contributed by atoms with Crippen molar-refractivity contribution >= 4 is 6.09 Å². The van der Waals surface area contributed by atoms with E-state index in [1.165, 1.54) is 0 Å². The topological polar surface area (TPSA) is 50.4 Å². The average molecular weight is 264 g/mol. The van der Waals surface area contributed by atoms with Crippen LogP contribution in [0.5, 0.6) is 0 Å². The van der Waals surface area contributed by atoms with E-state index in [-0.39, 0.29) is 6.09 Å². The zero-order chi connectivity index (χ0) is 13.9. The number of carbonyl (C=O) groups excluding carboxylic acids is 1. The van der Waals surface area contributed by atoms with Crippen LogP contribution in [0.3, 0.4) is 0 Å². The lowest BCUT2D eigenvalue weighted by atomic mass is 9.98. The van der Waals surface area contributed by atoms with Crippen LogP contribution in [0, 0.1) is 5.92 Å². The van der Waals surface area contributed by atoms with Gasteiger partial charge in [-0.15, -0.1) is 0 Å². The Kier molecular flexibility index (Phi) is 7.66. The molecule has 0 spiro atoms. The number of piperidine rings is 1. The first kappa shape index (κ1) is 15.5. The molecule has 1 fully saturated rings. The third kappa shape index (κ3) is 6.82. The quantitative estimate of drug-likeness (QED) is 0.724. The van der Waals surface area contributed by atoms with Crippen molar-refractivity contribution in [1.82, 2.24) is 10.6 Å². The molecule has 1 aliphatic rings. The molecular formula is C15H24N2O2. The second-order valence-corrected chi connectivity index (χ2v) is 4.61. The maximum Gasteiger partial charge on any atom is 0.407 e. The van der Waals surface area contributed by atoms with Gasteiger partial charge in [0, 0.05) is 6.54 Å². The summed E-state index contributed by atoms with van der Waals surface area (Å²) in [5, 5.41) is 6.13. The minimum Gasteiger partial charge on any atom is -0.445 e. The molecule has 0 aromatic heterocycles. The van der Waals surface area contributed by atoms with Gasteiger partial charge in [-0.3, -0.25) is 0 Å². The maximum absolute atomic E-state index is 11.6. The second-order valence-electron chi connectivity index (χ2n) is 4.61. The standard InChI is InChI=1S/C15H24N2O2/c1-3-5-6-13(4-2)12-19-15(18)17-11-14-7-9-16-10-8-14/h3-6,14,16H,1,7-12H2,2H3,(H,17,18)/b6-5-,13-4+. The van der Waals surface area contributed by atoms with Crippen LogP contribution in [-0.4, -0.2) is 32.3 Å². The summed E-state index contributed by atoms with van der Waals surface area (Å²) in [6.45, 7) is 8.59. The van der Waals surface area contributed by atoms with Gasteiger partial charge in [0.25, 0.3) is 0 Å². The molecule has 2 N–H and O–H groups in total. The van der Waals surface area contributed by atoms with E-state index in [0.29, 0.717) is 19.1 Å². The first-order chi connectivity index (χ1) is 9.26. The molecule has 0 aliphatic carbocycles. The van der Waals surface area contributed by atoms with Crippen LogP contribution in [0.1, 0.15) is 19.8 Å². The van der Waals surface area contributed by atoms with Gasteiger partial charge in [-0.1, -0.05) is 30.9 Å². The lowest BCUT2D eigenvalue weighted by Gasteiger charge is -2.22. The molecule has 0 radical (unpaired) electrons. The number of hydrogen-bond donors (Lipinski definition) is 2. The first-order valence-electron chi connectivity index (χ1n) is 6.82. The maximum atomic E-state index is 11.6. The molecular weight excluding hydrogens is 240 g/mol. The number of rotatable bonds is 6. The Hall–Kier alpha value is -1.55. The van der Waals surface area contributed by atoms with Crippen LogP contribution >= 0.6 is 0 Å². The Balaban J connectivity index is 2.19. The predicted octanol–water partition coefficient (Wildman–Crippen LogP) is 2.40. The molecule has 0 bridgehead atoms. The van der Waals surface area contributed by atoms with E-state index in [0.717, 1.165) is 31.5 Å². The summed E-state index contributed by atoms with van der Waals surface area (Å²) in [5.41, 5.74) is 0.955. The zero-order valence-corrected chi connectivity index (χ0v) is 11.7. The zero-order valence-electron chi connectivity index (χ0n) is 11.7. The number of nitrogens with one attached hydrogen (secondary N) is 2. The van der Waals surface area contributed by atoms with Gasteiger partial charge < -0.3 is 15.4 Å². The van der Waals surface area contributed by atoms with Crippen molar-refractivity contribution in [2.45, 2.75) is 19.8 Å². The molecule has 1 saturated heterocycles. The molecule has 0 aromatic carbocycles. The van der Waals surface area contributed by atoms with Crippen LogP contribution in [0.2, 0.25) is 0 Å². The van der Waals surface area contributed by atoms with Gasteiger partial charge in [-0.25, -0.2) is 4.79 Å². The molecule has 0 saturated carbocycles. The largest absolute Gasteiger partial charge is 0.445 e. The van der Waals surface area contributed by atoms with Crippen LogP contribution in [0.15, 0.2) is 36.5 Å². The van der Waals surface area contributed by atoms with Gasteiger partial charge in [0.2, 0.25) is 0 Å². The molecule has 4 nitrogen and oxygen atoms in total. The number of ether oxygens (including phenoxy) is 1. The fraction of sp³-hybridized carbons (Fsp3) is 0.533. The van der Waals surface area contributed by atoms with Gasteiger partial charge in [0.05, 0.1) is 0 Å². The normalized spacial score (nSPS) is 17.4. The van der Waals surface area contributed by atoms with Gasteiger partial charge >= 0.3 is 6.09 Å². The van der Waals surface area contributed by atoms with Crippen LogP contribution in [0.4, 0.5) is 4.79 Å². The molecule has 1 heterocycles. The molecule has 19 heavy (non-hydrogen) atoms. The number of alkyl carbamates (subject to hydrolysis) is 1. The summed E-state index contributed by atoms with van der Waals surface area (Å²) in [6, 6.07) is 0. The summed E-state index contributed by atoms with van der Waals surface area (Å²) in [4.78, 5) is 11.6.